The van der Waals surface area contributed by atoms with Crippen LogP contribution in [0.15, 0.2) is 52.3 Å². The Bertz CT molecular complexity index is 1460. The van der Waals surface area contributed by atoms with Gasteiger partial charge >= 0.3 is 0 Å². The van der Waals surface area contributed by atoms with Crippen LogP contribution in [-0.4, -0.2) is 44.4 Å². The number of carbonyl (C=O) groups excluding carboxylic acids is 1. The Balaban J connectivity index is 1.36. The first-order valence-electron chi connectivity index (χ1n) is 12.0. The minimum Gasteiger partial charge on any atom is -0.454 e. The molecule has 10 heteroatoms. The van der Waals surface area contributed by atoms with Crippen LogP contribution < -0.4 is 19.9 Å². The third-order valence-corrected chi connectivity index (χ3v) is 7.96. The summed E-state index contributed by atoms with van der Waals surface area (Å²) in [5.74, 6) is 1.76. The summed E-state index contributed by atoms with van der Waals surface area (Å²) < 4.78 is 12.8. The van der Waals surface area contributed by atoms with Gasteiger partial charge in [0.25, 0.3) is 11.5 Å². The van der Waals surface area contributed by atoms with E-state index in [-0.39, 0.29) is 18.3 Å². The molecule has 2 saturated heterocycles. The molecule has 0 radical (unpaired) electrons. The maximum absolute atomic E-state index is 13.6. The van der Waals surface area contributed by atoms with Crippen molar-refractivity contribution in [3.05, 3.63) is 69.0 Å². The monoisotopic (exact) mass is 520 g/mol. The number of pyridine rings is 1. The van der Waals surface area contributed by atoms with Gasteiger partial charge in [0.05, 0.1) is 17.0 Å². The summed E-state index contributed by atoms with van der Waals surface area (Å²) in [6.07, 6.45) is 7.81. The third-order valence-electron chi connectivity index (χ3n) is 6.58. The Morgan fingerprint density at radius 1 is 1.03 bits per heavy atom. The van der Waals surface area contributed by atoms with Gasteiger partial charge in [-0.2, -0.15) is 0 Å². The van der Waals surface area contributed by atoms with Crippen LogP contribution in [-0.2, 0) is 11.3 Å². The van der Waals surface area contributed by atoms with Gasteiger partial charge in [-0.15, -0.1) is 0 Å². The SMILES string of the molecule is O=C1C(=Cc2c(N3CCCCCC3)nc3ccccn3c2=O)SC(=S)N1Cc1ccc2c(c1)OCO2. The second-order valence-corrected chi connectivity index (χ2v) is 10.6. The van der Waals surface area contributed by atoms with Crippen LogP contribution in [0.4, 0.5) is 5.82 Å². The molecule has 3 aliphatic rings. The number of carbonyl (C=O) groups is 1. The number of hydrogen-bond donors (Lipinski definition) is 0. The molecule has 0 atom stereocenters. The lowest BCUT2D eigenvalue weighted by Crippen LogP contribution is -2.30. The van der Waals surface area contributed by atoms with E-state index in [1.807, 2.05) is 30.3 Å². The summed E-state index contributed by atoms with van der Waals surface area (Å²) in [5.41, 5.74) is 1.70. The van der Waals surface area contributed by atoms with E-state index in [9.17, 15) is 9.59 Å². The van der Waals surface area contributed by atoms with Crippen molar-refractivity contribution in [3.8, 4) is 11.5 Å². The number of thioether (sulfide) groups is 1. The second kappa shape index (κ2) is 9.59. The van der Waals surface area contributed by atoms with Crippen LogP contribution in [0.25, 0.3) is 11.7 Å². The fraction of sp³-hybridized carbons (Fsp3) is 0.308. The van der Waals surface area contributed by atoms with Crippen molar-refractivity contribution in [2.45, 2.75) is 32.2 Å². The Kier molecular flexibility index (Phi) is 6.14. The zero-order valence-corrected chi connectivity index (χ0v) is 21.1. The molecular weight excluding hydrogens is 496 g/mol. The molecule has 36 heavy (non-hydrogen) atoms. The second-order valence-electron chi connectivity index (χ2n) is 8.94. The molecule has 0 unspecified atom stereocenters. The topological polar surface area (TPSA) is 76.4 Å². The van der Waals surface area contributed by atoms with Gasteiger partial charge in [0.2, 0.25) is 6.79 Å². The lowest BCUT2D eigenvalue weighted by Gasteiger charge is -2.23. The number of fused-ring (bicyclic) bond motifs is 2. The van der Waals surface area contributed by atoms with E-state index in [0.717, 1.165) is 44.3 Å². The van der Waals surface area contributed by atoms with Gasteiger partial charge in [-0.25, -0.2) is 4.98 Å². The molecule has 8 nitrogen and oxygen atoms in total. The fourth-order valence-electron chi connectivity index (χ4n) is 4.73. The van der Waals surface area contributed by atoms with Crippen molar-refractivity contribution in [1.29, 1.82) is 0 Å². The molecule has 0 spiro atoms. The van der Waals surface area contributed by atoms with Crippen molar-refractivity contribution < 1.29 is 14.3 Å². The van der Waals surface area contributed by atoms with E-state index in [0.29, 0.717) is 44.3 Å². The zero-order chi connectivity index (χ0) is 24.6. The molecule has 5 heterocycles. The maximum Gasteiger partial charge on any atom is 0.267 e. The van der Waals surface area contributed by atoms with Gasteiger partial charge in [-0.3, -0.25) is 18.9 Å². The Morgan fingerprint density at radius 2 is 1.83 bits per heavy atom. The highest BCUT2D eigenvalue weighted by Crippen LogP contribution is 2.37. The molecule has 0 saturated carbocycles. The number of aromatic nitrogens is 2. The number of amides is 1. The highest BCUT2D eigenvalue weighted by Gasteiger charge is 2.33. The van der Waals surface area contributed by atoms with Crippen LogP contribution in [0, 0.1) is 0 Å². The van der Waals surface area contributed by atoms with Gasteiger partial charge in [-0.05, 0) is 48.7 Å². The van der Waals surface area contributed by atoms with E-state index in [1.165, 1.54) is 16.2 Å². The van der Waals surface area contributed by atoms with Gasteiger partial charge in [0, 0.05) is 19.3 Å². The molecule has 0 bridgehead atoms. The predicted molar refractivity (Wildman–Crippen MR) is 143 cm³/mol. The molecule has 0 N–H and O–H groups in total. The van der Waals surface area contributed by atoms with Crippen LogP contribution in [0.2, 0.25) is 0 Å². The summed E-state index contributed by atoms with van der Waals surface area (Å²) in [5, 5.41) is 0. The first-order chi connectivity index (χ1) is 17.6. The first-order valence-corrected chi connectivity index (χ1v) is 13.2. The normalized spacial score (nSPS) is 18.9. The molecule has 184 valence electrons. The Labute approximate surface area is 217 Å². The summed E-state index contributed by atoms with van der Waals surface area (Å²) in [4.78, 5) is 36.0. The lowest BCUT2D eigenvalue weighted by atomic mass is 10.2. The molecule has 3 aromatic rings. The van der Waals surface area contributed by atoms with Crippen LogP contribution in [0.3, 0.4) is 0 Å². The number of rotatable bonds is 4. The quantitative estimate of drug-likeness (QED) is 0.374. The number of anilines is 1. The molecule has 2 fully saturated rings. The van der Waals surface area contributed by atoms with Gasteiger partial charge in [0.15, 0.2) is 11.5 Å². The number of benzene rings is 1. The zero-order valence-electron chi connectivity index (χ0n) is 19.5. The molecule has 1 amide bonds. The van der Waals surface area contributed by atoms with Gasteiger partial charge in [0.1, 0.15) is 15.8 Å². The molecule has 0 aliphatic carbocycles. The standard InChI is InChI=1S/C26H24N4O4S2/c31-24-18(23(28-10-4-1-2-5-11-28)27-22-7-3-6-12-29(22)24)14-21-25(32)30(26(35)36-21)15-17-8-9-19-20(13-17)34-16-33-19/h3,6-9,12-14H,1-2,4-5,10-11,15-16H2. The van der Waals surface area contributed by atoms with E-state index in [2.05, 4.69) is 4.90 Å². The minimum atomic E-state index is -0.220. The summed E-state index contributed by atoms with van der Waals surface area (Å²) >= 11 is 6.77. The van der Waals surface area contributed by atoms with Crippen LogP contribution in [0.5, 0.6) is 11.5 Å². The van der Waals surface area contributed by atoms with E-state index < -0.39 is 0 Å². The average molecular weight is 521 g/mol. The smallest absolute Gasteiger partial charge is 0.267 e. The Hall–Kier alpha value is -3.37. The third kappa shape index (κ3) is 4.24. The number of hydrogen-bond acceptors (Lipinski definition) is 8. The summed E-state index contributed by atoms with van der Waals surface area (Å²) in [7, 11) is 0. The molecule has 1 aromatic carbocycles. The van der Waals surface area contributed by atoms with Crippen molar-refractivity contribution >= 4 is 51.7 Å². The van der Waals surface area contributed by atoms with E-state index >= 15 is 0 Å². The fourth-order valence-corrected chi connectivity index (χ4v) is 5.97. The molecule has 2 aromatic heterocycles. The van der Waals surface area contributed by atoms with Crippen molar-refractivity contribution in [1.82, 2.24) is 14.3 Å². The number of thiocarbonyl (C=S) groups is 1. The highest BCUT2D eigenvalue weighted by atomic mass is 32.2. The van der Waals surface area contributed by atoms with Gasteiger partial charge < -0.3 is 14.4 Å². The molecule has 3 aliphatic heterocycles. The summed E-state index contributed by atoms with van der Waals surface area (Å²) in [6.45, 7) is 2.17. The molecule has 6 rings (SSSR count). The van der Waals surface area contributed by atoms with Crippen molar-refractivity contribution in [2.75, 3.05) is 24.8 Å². The van der Waals surface area contributed by atoms with E-state index in [4.69, 9.17) is 26.7 Å². The molecular formula is C26H24N4O4S2. The predicted octanol–water partition coefficient (Wildman–Crippen LogP) is 4.21. The first kappa shape index (κ1) is 23.1. The van der Waals surface area contributed by atoms with E-state index in [1.54, 1.807) is 23.2 Å². The summed E-state index contributed by atoms with van der Waals surface area (Å²) in [6, 6.07) is 11.1. The van der Waals surface area contributed by atoms with Crippen molar-refractivity contribution in [3.63, 3.8) is 0 Å². The number of ether oxygens (including phenoxy) is 2. The van der Waals surface area contributed by atoms with Crippen LogP contribution >= 0.6 is 24.0 Å². The van der Waals surface area contributed by atoms with Gasteiger partial charge in [-0.1, -0.05) is 49.0 Å². The Morgan fingerprint density at radius 3 is 2.67 bits per heavy atom. The average Bonchev–Trinajstić information content (AvgIpc) is 3.33. The van der Waals surface area contributed by atoms with Crippen LogP contribution in [0.1, 0.15) is 36.8 Å². The number of nitrogens with zero attached hydrogens (tertiary/aromatic N) is 4. The highest BCUT2D eigenvalue weighted by molar-refractivity contribution is 8.26. The van der Waals surface area contributed by atoms with Crippen molar-refractivity contribution in [2.24, 2.45) is 0 Å². The minimum absolute atomic E-state index is 0.192. The maximum atomic E-state index is 13.6. The largest absolute Gasteiger partial charge is 0.454 e. The lowest BCUT2D eigenvalue weighted by molar-refractivity contribution is -0.122.